The smallest absolute Gasteiger partial charge is 0.303 e. The molecule has 0 fully saturated rings. The number of rotatable bonds is 11. The number of ketones is 1. The van der Waals surface area contributed by atoms with E-state index in [1.165, 1.54) is 19.3 Å². The number of allylic oxidation sites excluding steroid dienone is 8. The van der Waals surface area contributed by atoms with Gasteiger partial charge >= 0.3 is 5.97 Å². The number of hydrogen-bond acceptors (Lipinski definition) is 2. The molecule has 0 radical (unpaired) electrons. The Morgan fingerprint density at radius 1 is 1.17 bits per heavy atom. The Hall–Kier alpha value is -1.90. The lowest BCUT2D eigenvalue weighted by molar-refractivity contribution is -0.137. The fourth-order valence-corrected chi connectivity index (χ4v) is 2.51. The van der Waals surface area contributed by atoms with Crippen LogP contribution < -0.4 is 0 Å². The predicted octanol–water partition coefficient (Wildman–Crippen LogP) is 5.01. The van der Waals surface area contributed by atoms with Crippen molar-refractivity contribution in [1.82, 2.24) is 0 Å². The van der Waals surface area contributed by atoms with E-state index in [4.69, 9.17) is 5.11 Å². The number of carboxylic acids is 1. The molecule has 1 rings (SSSR count). The normalized spacial score (nSPS) is 19.6. The van der Waals surface area contributed by atoms with E-state index < -0.39 is 5.97 Å². The lowest BCUT2D eigenvalue weighted by Crippen LogP contribution is -2.01. The molecule has 0 saturated carbocycles. The first kappa shape index (κ1) is 19.1. The molecule has 0 aromatic heterocycles. The molecule has 1 aliphatic carbocycles. The van der Waals surface area contributed by atoms with Gasteiger partial charge in [-0.05, 0) is 38.2 Å². The molecule has 1 N–H and O–H groups in total. The predicted molar refractivity (Wildman–Crippen MR) is 94.2 cm³/mol. The molecule has 23 heavy (non-hydrogen) atoms. The van der Waals surface area contributed by atoms with Gasteiger partial charge in [0.2, 0.25) is 0 Å². The lowest BCUT2D eigenvalue weighted by atomic mass is 9.97. The molecule has 0 bridgehead atoms. The monoisotopic (exact) mass is 316 g/mol. The maximum atomic E-state index is 11.9. The molecule has 1 atom stereocenters. The van der Waals surface area contributed by atoms with E-state index in [1.807, 2.05) is 30.4 Å². The van der Waals surface area contributed by atoms with Gasteiger partial charge in [0.15, 0.2) is 5.78 Å². The average Bonchev–Trinajstić information content (AvgIpc) is 2.86. The van der Waals surface area contributed by atoms with Crippen molar-refractivity contribution in [2.24, 2.45) is 5.92 Å². The number of hydrogen-bond donors (Lipinski definition) is 1. The maximum Gasteiger partial charge on any atom is 0.303 e. The second kappa shape index (κ2) is 11.6. The van der Waals surface area contributed by atoms with Crippen LogP contribution in [0.1, 0.15) is 58.3 Å². The fourth-order valence-electron chi connectivity index (χ4n) is 2.51. The summed E-state index contributed by atoms with van der Waals surface area (Å²) < 4.78 is 0. The minimum absolute atomic E-state index is 0.104. The highest BCUT2D eigenvalue weighted by atomic mass is 16.4. The van der Waals surface area contributed by atoms with Crippen LogP contribution in [0.15, 0.2) is 48.1 Å². The highest BCUT2D eigenvalue weighted by Crippen LogP contribution is 2.25. The van der Waals surface area contributed by atoms with Gasteiger partial charge in [-0.1, -0.05) is 56.2 Å². The minimum atomic E-state index is -0.751. The minimum Gasteiger partial charge on any atom is -0.481 e. The van der Waals surface area contributed by atoms with Gasteiger partial charge in [-0.25, -0.2) is 0 Å². The van der Waals surface area contributed by atoms with Crippen molar-refractivity contribution in [3.63, 3.8) is 0 Å². The third-order valence-electron chi connectivity index (χ3n) is 3.87. The van der Waals surface area contributed by atoms with E-state index in [9.17, 15) is 9.59 Å². The number of carbonyl (C=O) groups excluding carboxylic acids is 1. The quantitative estimate of drug-likeness (QED) is 0.331. The second-order valence-electron chi connectivity index (χ2n) is 5.87. The Balaban J connectivity index is 2.38. The first-order valence-corrected chi connectivity index (χ1v) is 8.61. The molecular weight excluding hydrogens is 288 g/mol. The molecule has 0 unspecified atom stereocenters. The Morgan fingerprint density at radius 3 is 2.70 bits per heavy atom. The number of carbonyl (C=O) groups is 2. The summed E-state index contributed by atoms with van der Waals surface area (Å²) in [5.41, 5.74) is 0.854. The highest BCUT2D eigenvalue weighted by molar-refractivity contribution is 6.07. The van der Waals surface area contributed by atoms with Crippen molar-refractivity contribution in [2.75, 3.05) is 0 Å². The largest absolute Gasteiger partial charge is 0.481 e. The van der Waals surface area contributed by atoms with Gasteiger partial charge in [-0.2, -0.15) is 0 Å². The van der Waals surface area contributed by atoms with Crippen LogP contribution in [0.4, 0.5) is 0 Å². The van der Waals surface area contributed by atoms with Crippen LogP contribution in [0.3, 0.4) is 0 Å². The van der Waals surface area contributed by atoms with Crippen molar-refractivity contribution < 1.29 is 14.7 Å². The van der Waals surface area contributed by atoms with Gasteiger partial charge in [0.25, 0.3) is 0 Å². The van der Waals surface area contributed by atoms with E-state index in [-0.39, 0.29) is 18.1 Å². The molecule has 0 heterocycles. The summed E-state index contributed by atoms with van der Waals surface area (Å²) in [5.74, 6) is -0.496. The van der Waals surface area contributed by atoms with Crippen LogP contribution in [0.5, 0.6) is 0 Å². The zero-order chi connectivity index (χ0) is 16.9. The highest BCUT2D eigenvalue weighted by Gasteiger charge is 2.20. The van der Waals surface area contributed by atoms with Crippen molar-refractivity contribution in [2.45, 2.75) is 58.3 Å². The molecule has 3 heteroatoms. The Kier molecular flexibility index (Phi) is 9.69. The van der Waals surface area contributed by atoms with Crippen LogP contribution in [0.2, 0.25) is 0 Å². The van der Waals surface area contributed by atoms with Crippen molar-refractivity contribution in [3.05, 3.63) is 48.1 Å². The van der Waals surface area contributed by atoms with Gasteiger partial charge in [-0.3, -0.25) is 9.59 Å². The van der Waals surface area contributed by atoms with Crippen LogP contribution >= 0.6 is 0 Å². The maximum absolute atomic E-state index is 11.9. The lowest BCUT2D eigenvalue weighted by Gasteiger charge is -2.06. The number of unbranched alkanes of at least 4 members (excludes halogenated alkanes) is 4. The molecule has 126 valence electrons. The summed E-state index contributed by atoms with van der Waals surface area (Å²) in [6, 6.07) is 0. The SMILES string of the molecule is CCCCC/C=C/C=C1\C(=O)C=C[C@@H]1C/C=C\CCCC(=O)O. The summed E-state index contributed by atoms with van der Waals surface area (Å²) in [6.07, 6.45) is 20.9. The van der Waals surface area contributed by atoms with Gasteiger partial charge in [0.05, 0.1) is 0 Å². The van der Waals surface area contributed by atoms with E-state index in [0.29, 0.717) is 6.42 Å². The third-order valence-corrected chi connectivity index (χ3v) is 3.87. The van der Waals surface area contributed by atoms with Crippen LogP contribution in [0, 0.1) is 5.92 Å². The van der Waals surface area contributed by atoms with E-state index >= 15 is 0 Å². The van der Waals surface area contributed by atoms with Gasteiger partial charge < -0.3 is 5.11 Å². The number of carboxylic acid groups (broad SMARTS) is 1. The average molecular weight is 316 g/mol. The molecular formula is C20H28O3. The third kappa shape index (κ3) is 8.34. The van der Waals surface area contributed by atoms with Crippen LogP contribution in [-0.4, -0.2) is 16.9 Å². The van der Waals surface area contributed by atoms with E-state index in [2.05, 4.69) is 13.0 Å². The molecule has 3 nitrogen and oxygen atoms in total. The van der Waals surface area contributed by atoms with Gasteiger partial charge in [0, 0.05) is 17.9 Å². The van der Waals surface area contributed by atoms with Crippen LogP contribution in [0.25, 0.3) is 0 Å². The summed E-state index contributed by atoms with van der Waals surface area (Å²) >= 11 is 0. The van der Waals surface area contributed by atoms with Crippen molar-refractivity contribution in [3.8, 4) is 0 Å². The summed E-state index contributed by atoms with van der Waals surface area (Å²) in [7, 11) is 0. The van der Waals surface area contributed by atoms with Crippen LogP contribution in [-0.2, 0) is 9.59 Å². The second-order valence-corrected chi connectivity index (χ2v) is 5.87. The zero-order valence-corrected chi connectivity index (χ0v) is 14.0. The fraction of sp³-hybridized carbons (Fsp3) is 0.500. The molecule has 0 aromatic rings. The summed E-state index contributed by atoms with van der Waals surface area (Å²) in [5, 5.41) is 8.57. The van der Waals surface area contributed by atoms with Gasteiger partial charge in [-0.15, -0.1) is 0 Å². The standard InChI is InChI=1S/C20H28O3/c1-2-3-4-5-6-10-13-18-17(15-16-19(18)21)12-9-7-8-11-14-20(22)23/h6-7,9-10,13,15-17H,2-5,8,11-12,14H2,1H3,(H,22,23)/b9-7-,10-6+,18-13-/t17-/m0/s1. The first-order valence-electron chi connectivity index (χ1n) is 8.61. The zero-order valence-electron chi connectivity index (χ0n) is 14.0. The van der Waals surface area contributed by atoms with Gasteiger partial charge in [0.1, 0.15) is 0 Å². The Morgan fingerprint density at radius 2 is 1.96 bits per heavy atom. The molecule has 0 aromatic carbocycles. The topological polar surface area (TPSA) is 54.4 Å². The summed E-state index contributed by atoms with van der Waals surface area (Å²) in [4.78, 5) is 22.3. The van der Waals surface area contributed by atoms with Crippen molar-refractivity contribution in [1.29, 1.82) is 0 Å². The Labute approximate surface area is 139 Å². The molecule has 0 saturated heterocycles. The van der Waals surface area contributed by atoms with Crippen molar-refractivity contribution >= 4 is 11.8 Å². The molecule has 0 aliphatic heterocycles. The first-order chi connectivity index (χ1) is 11.1. The molecule has 0 amide bonds. The number of aliphatic carboxylic acids is 1. The molecule has 1 aliphatic rings. The van der Waals surface area contributed by atoms with E-state index in [1.54, 1.807) is 6.08 Å². The van der Waals surface area contributed by atoms with E-state index in [0.717, 1.165) is 24.8 Å². The summed E-state index contributed by atoms with van der Waals surface area (Å²) in [6.45, 7) is 2.19. The molecule has 0 spiro atoms. The Bertz CT molecular complexity index is 495.